The van der Waals surface area contributed by atoms with Crippen molar-refractivity contribution in [2.45, 2.75) is 37.6 Å². The van der Waals surface area contributed by atoms with Crippen LogP contribution in [-0.4, -0.2) is 34.7 Å². The van der Waals surface area contributed by atoms with Crippen molar-refractivity contribution in [3.05, 3.63) is 59.2 Å². The number of carbonyl (C=O) groups excluding carboxylic acids is 1. The summed E-state index contributed by atoms with van der Waals surface area (Å²) in [6.45, 7) is 1.66. The Balaban J connectivity index is 1.66. The first-order valence-corrected chi connectivity index (χ1v) is 10.7. The van der Waals surface area contributed by atoms with E-state index in [4.69, 9.17) is 10.5 Å². The lowest BCUT2D eigenvalue weighted by Gasteiger charge is -2.57. The number of hydrogen-bond acceptors (Lipinski definition) is 6. The van der Waals surface area contributed by atoms with E-state index in [0.29, 0.717) is 17.1 Å². The molecule has 0 saturated heterocycles. The molecule has 1 aliphatic heterocycles. The first-order valence-electron chi connectivity index (χ1n) is 9.76. The van der Waals surface area contributed by atoms with Gasteiger partial charge in [-0.15, -0.1) is 0 Å². The second-order valence-electron chi connectivity index (χ2n) is 8.30. The van der Waals surface area contributed by atoms with E-state index in [1.807, 2.05) is 0 Å². The zero-order valence-corrected chi connectivity index (χ0v) is 17.9. The summed E-state index contributed by atoms with van der Waals surface area (Å²) in [6, 6.07) is 7.50. The van der Waals surface area contributed by atoms with Gasteiger partial charge in [0, 0.05) is 36.0 Å². The number of halogens is 3. The molecule has 1 aliphatic carbocycles. The molecular weight excluding hydrogens is 427 g/mol. The zero-order valence-electron chi connectivity index (χ0n) is 17.1. The van der Waals surface area contributed by atoms with Gasteiger partial charge in [0.2, 0.25) is 5.92 Å². The van der Waals surface area contributed by atoms with Crippen molar-refractivity contribution in [3.8, 4) is 5.75 Å². The summed E-state index contributed by atoms with van der Waals surface area (Å²) in [4.78, 5) is 21.2. The summed E-state index contributed by atoms with van der Waals surface area (Å²) in [5.74, 6) is -2.74. The lowest BCUT2D eigenvalue weighted by atomic mass is 9.55. The number of Topliss-reactive ketones (excluding diaryl/α,β-unsaturated/α-hetero) is 1. The summed E-state index contributed by atoms with van der Waals surface area (Å²) >= 11 is 1.22. The highest BCUT2D eigenvalue weighted by atomic mass is 32.2. The number of aromatic nitrogens is 1. The summed E-state index contributed by atoms with van der Waals surface area (Å²) < 4.78 is 47.7. The number of nitrogens with zero attached hydrogens (tertiary/aromatic N) is 2. The van der Waals surface area contributed by atoms with Crippen molar-refractivity contribution >= 4 is 22.7 Å². The molecule has 5 nitrogen and oxygen atoms in total. The fourth-order valence-corrected chi connectivity index (χ4v) is 5.61. The molecule has 1 atom stereocenters. The first-order chi connectivity index (χ1) is 14.6. The molecule has 1 aromatic heterocycles. The van der Waals surface area contributed by atoms with Crippen molar-refractivity contribution in [2.24, 2.45) is 16.1 Å². The van der Waals surface area contributed by atoms with Crippen molar-refractivity contribution < 1.29 is 22.7 Å². The number of aliphatic imine (C=N–C) groups is 1. The maximum absolute atomic E-state index is 15.0. The van der Waals surface area contributed by atoms with Crippen LogP contribution in [-0.2, 0) is 12.0 Å². The van der Waals surface area contributed by atoms with Gasteiger partial charge >= 0.3 is 0 Å². The molecule has 2 aromatic rings. The van der Waals surface area contributed by atoms with Gasteiger partial charge in [-0.05, 0) is 36.8 Å². The number of alkyl halides is 2. The number of benzene rings is 1. The first kappa shape index (κ1) is 21.7. The van der Waals surface area contributed by atoms with Gasteiger partial charge in [0.1, 0.15) is 17.3 Å². The highest BCUT2D eigenvalue weighted by Gasteiger charge is 2.66. The van der Waals surface area contributed by atoms with Crippen LogP contribution in [0.15, 0.2) is 41.5 Å². The monoisotopic (exact) mass is 449 g/mol. The van der Waals surface area contributed by atoms with Crippen LogP contribution in [0.1, 0.15) is 41.4 Å². The van der Waals surface area contributed by atoms with E-state index in [1.54, 1.807) is 25.1 Å². The van der Waals surface area contributed by atoms with Crippen LogP contribution in [0, 0.1) is 11.2 Å². The minimum atomic E-state index is -2.80. The number of ketones is 1. The number of rotatable bonds is 5. The van der Waals surface area contributed by atoms with Gasteiger partial charge in [0.05, 0.1) is 18.8 Å². The van der Waals surface area contributed by atoms with Gasteiger partial charge in [0.15, 0.2) is 11.0 Å². The molecule has 2 aliphatic rings. The minimum Gasteiger partial charge on any atom is -0.495 e. The Morgan fingerprint density at radius 2 is 2.00 bits per heavy atom. The fourth-order valence-electron chi connectivity index (χ4n) is 4.45. The average Bonchev–Trinajstić information content (AvgIpc) is 2.71. The molecule has 164 valence electrons. The SMILES string of the molecule is COc1ccc(C(=O)Cc2ccc(F)c([C@@]3(C)N=C(N)SCC34CC(F)(F)C4)c2)nc1. The van der Waals surface area contributed by atoms with E-state index >= 15 is 0 Å². The molecule has 2 heterocycles. The third-order valence-electron chi connectivity index (χ3n) is 6.23. The molecule has 0 unspecified atom stereocenters. The van der Waals surface area contributed by atoms with E-state index in [1.165, 1.54) is 37.2 Å². The molecule has 4 rings (SSSR count). The number of amidine groups is 1. The smallest absolute Gasteiger partial charge is 0.249 e. The normalized spacial score (nSPS) is 23.7. The highest BCUT2D eigenvalue weighted by molar-refractivity contribution is 8.13. The molecule has 2 N–H and O–H groups in total. The predicted octanol–water partition coefficient (Wildman–Crippen LogP) is 4.35. The molecule has 1 fully saturated rings. The molecular formula is C22H22F3N3O2S. The van der Waals surface area contributed by atoms with Crippen molar-refractivity contribution in [3.63, 3.8) is 0 Å². The van der Waals surface area contributed by atoms with Gasteiger partial charge in [-0.2, -0.15) is 0 Å². The Hall–Kier alpha value is -2.55. The maximum atomic E-state index is 15.0. The molecule has 9 heteroatoms. The maximum Gasteiger partial charge on any atom is 0.249 e. The number of methoxy groups -OCH3 is 1. The summed E-state index contributed by atoms with van der Waals surface area (Å²) in [5.41, 5.74) is 4.76. The number of carbonyl (C=O) groups is 1. The van der Waals surface area contributed by atoms with E-state index in [-0.39, 0.29) is 41.5 Å². The summed E-state index contributed by atoms with van der Waals surface area (Å²) in [5, 5.41) is 0.242. The number of pyridine rings is 1. The van der Waals surface area contributed by atoms with Crippen molar-refractivity contribution in [1.29, 1.82) is 0 Å². The van der Waals surface area contributed by atoms with E-state index in [2.05, 4.69) is 9.98 Å². The van der Waals surface area contributed by atoms with Gasteiger partial charge in [0.25, 0.3) is 0 Å². The van der Waals surface area contributed by atoms with Crippen LogP contribution in [0.5, 0.6) is 5.75 Å². The van der Waals surface area contributed by atoms with Crippen LogP contribution < -0.4 is 10.5 Å². The van der Waals surface area contributed by atoms with Gasteiger partial charge in [-0.1, -0.05) is 17.8 Å². The fraction of sp³-hybridized carbons (Fsp3) is 0.409. The lowest BCUT2D eigenvalue weighted by molar-refractivity contribution is -0.178. The summed E-state index contributed by atoms with van der Waals surface area (Å²) in [6.07, 6.45) is 0.680. The van der Waals surface area contributed by atoms with Crippen LogP contribution >= 0.6 is 11.8 Å². The predicted molar refractivity (Wildman–Crippen MR) is 113 cm³/mol. The molecule has 31 heavy (non-hydrogen) atoms. The Bertz CT molecular complexity index is 1050. The average molecular weight is 449 g/mol. The quantitative estimate of drug-likeness (QED) is 0.687. The second-order valence-corrected chi connectivity index (χ2v) is 9.29. The Morgan fingerprint density at radius 3 is 2.61 bits per heavy atom. The van der Waals surface area contributed by atoms with E-state index in [0.717, 1.165) is 0 Å². The van der Waals surface area contributed by atoms with Crippen LogP contribution in [0.2, 0.25) is 0 Å². The van der Waals surface area contributed by atoms with Crippen molar-refractivity contribution in [2.75, 3.05) is 12.9 Å². The topological polar surface area (TPSA) is 77.6 Å². The Morgan fingerprint density at radius 1 is 1.26 bits per heavy atom. The van der Waals surface area contributed by atoms with Crippen LogP contribution in [0.3, 0.4) is 0 Å². The number of nitrogens with two attached hydrogens (primary N) is 1. The highest BCUT2D eigenvalue weighted by Crippen LogP contribution is 2.64. The number of thioether (sulfide) groups is 1. The molecule has 0 radical (unpaired) electrons. The third-order valence-corrected chi connectivity index (χ3v) is 7.32. The number of ether oxygens (including phenoxy) is 1. The molecule has 1 aromatic carbocycles. The van der Waals surface area contributed by atoms with Gasteiger partial charge in [-0.25, -0.2) is 18.2 Å². The Labute approximate surface area is 182 Å². The number of hydrogen-bond donors (Lipinski definition) is 1. The Kier molecular flexibility index (Phi) is 5.28. The zero-order chi connectivity index (χ0) is 22.4. The molecule has 1 spiro atoms. The molecule has 1 saturated carbocycles. The van der Waals surface area contributed by atoms with Gasteiger partial charge < -0.3 is 10.5 Å². The van der Waals surface area contributed by atoms with E-state index in [9.17, 15) is 18.0 Å². The largest absolute Gasteiger partial charge is 0.495 e. The summed E-state index contributed by atoms with van der Waals surface area (Å²) in [7, 11) is 1.50. The van der Waals surface area contributed by atoms with Crippen LogP contribution in [0.25, 0.3) is 0 Å². The lowest BCUT2D eigenvalue weighted by Crippen LogP contribution is -2.60. The minimum absolute atomic E-state index is 0.0141. The molecule has 0 bridgehead atoms. The van der Waals surface area contributed by atoms with E-state index < -0.39 is 22.7 Å². The third kappa shape index (κ3) is 3.79. The second kappa shape index (κ2) is 7.55. The van der Waals surface area contributed by atoms with Crippen molar-refractivity contribution in [1.82, 2.24) is 4.98 Å². The standard InChI is InChI=1S/C22H22F3N3O2S/c1-20(21(10-22(24,25)11-21)12-31-19(26)28-20)15-7-13(3-5-16(15)23)8-18(29)17-6-4-14(30-2)9-27-17/h3-7,9H,8,10-12H2,1-2H3,(H2,26,28)/t20-/m1/s1. The van der Waals surface area contributed by atoms with Gasteiger partial charge in [-0.3, -0.25) is 9.79 Å². The molecule has 0 amide bonds. The van der Waals surface area contributed by atoms with Crippen LogP contribution in [0.4, 0.5) is 13.2 Å².